The van der Waals surface area contributed by atoms with Gasteiger partial charge in [0.05, 0.1) is 19.3 Å². The molecule has 0 aliphatic rings. The van der Waals surface area contributed by atoms with Crippen molar-refractivity contribution in [3.8, 4) is 0 Å². The zero-order valence-electron chi connectivity index (χ0n) is 41.3. The summed E-state index contributed by atoms with van der Waals surface area (Å²) in [4.78, 5) is 121. The van der Waals surface area contributed by atoms with Gasteiger partial charge < -0.3 is 58.5 Å². The Morgan fingerprint density at radius 2 is 0.913 bits per heavy atom. The summed E-state index contributed by atoms with van der Waals surface area (Å²) in [6.45, 7) is 14.7. The third kappa shape index (κ3) is 21.2. The second-order valence-electron chi connectivity index (χ2n) is 18.9. The summed E-state index contributed by atoms with van der Waals surface area (Å²) in [5.41, 5.74) is 6.75. The Morgan fingerprint density at radius 3 is 1.36 bits per heavy atom. The van der Waals surface area contributed by atoms with Crippen LogP contribution in [0.25, 0.3) is 0 Å². The second kappa shape index (κ2) is 29.5. The van der Waals surface area contributed by atoms with E-state index in [1.165, 1.54) is 6.92 Å². The molecular formula is C49H75N9O11. The molecule has 0 fully saturated rings. The number of carbonyl (C=O) groups excluding carboxylic acids is 8. The number of rotatable bonds is 29. The van der Waals surface area contributed by atoms with Crippen molar-refractivity contribution in [3.63, 3.8) is 0 Å². The molecule has 0 saturated carbocycles. The summed E-state index contributed by atoms with van der Waals surface area (Å²) >= 11 is 0. The van der Waals surface area contributed by atoms with E-state index in [0.717, 1.165) is 0 Å². The normalized spacial score (nSPS) is 14.8. The van der Waals surface area contributed by atoms with Crippen molar-refractivity contribution in [2.24, 2.45) is 35.3 Å². The molecule has 0 bridgehead atoms. The second-order valence-corrected chi connectivity index (χ2v) is 18.9. The van der Waals surface area contributed by atoms with Crippen LogP contribution in [0, 0.1) is 29.6 Å². The van der Waals surface area contributed by atoms with Gasteiger partial charge in [-0.05, 0) is 61.0 Å². The molecule has 8 atom stereocenters. The van der Waals surface area contributed by atoms with E-state index in [1.54, 1.807) is 88.4 Å². The van der Waals surface area contributed by atoms with Crippen LogP contribution in [-0.2, 0) is 56.0 Å². The van der Waals surface area contributed by atoms with Crippen LogP contribution in [0.2, 0.25) is 0 Å². The van der Waals surface area contributed by atoms with Gasteiger partial charge in [-0.2, -0.15) is 0 Å². The van der Waals surface area contributed by atoms with Crippen LogP contribution in [-0.4, -0.2) is 119 Å². The summed E-state index contributed by atoms with van der Waals surface area (Å²) in [6, 6.07) is 9.40. The van der Waals surface area contributed by atoms with Gasteiger partial charge in [0.2, 0.25) is 47.3 Å². The molecule has 2 aromatic carbocycles. The lowest BCUT2D eigenvalue weighted by Gasteiger charge is -2.29. The number of hydrogen-bond donors (Lipinski definition) is 11. The Balaban J connectivity index is 2.35. The van der Waals surface area contributed by atoms with E-state index in [-0.39, 0.29) is 56.5 Å². The average molecular weight is 966 g/mol. The van der Waals surface area contributed by atoms with Gasteiger partial charge in [-0.15, -0.1) is 0 Å². The molecule has 0 radical (unpaired) electrons. The van der Waals surface area contributed by atoms with Crippen molar-refractivity contribution in [2.75, 3.05) is 13.2 Å². The Kier molecular flexibility index (Phi) is 25.1. The number of carboxylic acids is 1. The molecule has 20 heteroatoms. The van der Waals surface area contributed by atoms with Gasteiger partial charge in [0.15, 0.2) is 0 Å². The molecule has 69 heavy (non-hydrogen) atoms. The molecule has 0 heterocycles. The summed E-state index contributed by atoms with van der Waals surface area (Å²) in [7, 11) is 0. The minimum Gasteiger partial charge on any atom is -0.480 e. The number of nitrogens with two attached hydrogens (primary N) is 1. The zero-order chi connectivity index (χ0) is 52.0. The first kappa shape index (κ1) is 58.7. The lowest BCUT2D eigenvalue weighted by atomic mass is 9.94. The standard InChI is InChI=1S/C49H75N9O11/c1-27(2)20-34(42(61)52-26-50)43(62)54-35(21-28(3)4)44(63)51-25-39(60)53-36(23-32-16-12-10-13-17-32)45(64)57-40(30(7)8)47(66)55-37(24-33-18-14-11-15-19-33)46(65)58-41(31(9)59)48(67)56-38(49(68)69)22-29(5)6/h10-19,27-31,34-38,40-41,59H,20-26,50H2,1-9H3,(H,51,63)(H,52,61)(H,53,60)(H,54,62)(H,55,66)(H,56,67)(H,57,64)(H,58,65)(H,68,69)/t31-,34+,35+,36+,37+,38+,40+,41+/m1/s1. The maximum absolute atomic E-state index is 14.2. The number of aliphatic hydroxyl groups excluding tert-OH is 1. The van der Waals surface area contributed by atoms with Gasteiger partial charge in [0.25, 0.3) is 0 Å². The Morgan fingerprint density at radius 1 is 0.478 bits per heavy atom. The zero-order valence-corrected chi connectivity index (χ0v) is 41.3. The summed E-state index contributed by atoms with van der Waals surface area (Å²) in [6.07, 6.45) is -1.13. The number of carboxylic acid groups (broad SMARTS) is 1. The van der Waals surface area contributed by atoms with Crippen LogP contribution in [0.5, 0.6) is 0 Å². The van der Waals surface area contributed by atoms with Gasteiger partial charge in [-0.3, -0.25) is 38.4 Å². The highest BCUT2D eigenvalue weighted by atomic mass is 16.4. The van der Waals surface area contributed by atoms with E-state index < -0.39 is 114 Å². The smallest absolute Gasteiger partial charge is 0.326 e. The van der Waals surface area contributed by atoms with Gasteiger partial charge in [-0.25, -0.2) is 4.79 Å². The topological polar surface area (TPSA) is 316 Å². The largest absolute Gasteiger partial charge is 0.480 e. The highest BCUT2D eigenvalue weighted by Gasteiger charge is 2.36. The molecule has 0 aliphatic carbocycles. The summed E-state index contributed by atoms with van der Waals surface area (Å²) < 4.78 is 0. The van der Waals surface area contributed by atoms with Gasteiger partial charge in [0.1, 0.15) is 42.2 Å². The lowest BCUT2D eigenvalue weighted by molar-refractivity contribution is -0.143. The molecular weight excluding hydrogens is 891 g/mol. The molecule has 0 unspecified atom stereocenters. The number of aliphatic hydroxyl groups is 1. The van der Waals surface area contributed by atoms with Crippen molar-refractivity contribution < 1.29 is 53.4 Å². The molecule has 0 aromatic heterocycles. The van der Waals surface area contributed by atoms with E-state index in [2.05, 4.69) is 42.5 Å². The third-order valence-corrected chi connectivity index (χ3v) is 10.9. The number of aliphatic carboxylic acids is 1. The number of nitrogens with one attached hydrogen (secondary N) is 8. The molecule has 0 aliphatic heterocycles. The maximum Gasteiger partial charge on any atom is 0.326 e. The summed E-state index contributed by atoms with van der Waals surface area (Å²) in [5, 5.41) is 40.8. The van der Waals surface area contributed by atoms with E-state index in [1.807, 2.05) is 27.7 Å². The fourth-order valence-electron chi connectivity index (χ4n) is 7.32. The van der Waals surface area contributed by atoms with Crippen LogP contribution in [0.3, 0.4) is 0 Å². The number of benzene rings is 2. The molecule has 8 amide bonds. The molecule has 20 nitrogen and oxygen atoms in total. The van der Waals surface area contributed by atoms with Crippen molar-refractivity contribution in [3.05, 3.63) is 71.8 Å². The van der Waals surface area contributed by atoms with Gasteiger partial charge >= 0.3 is 5.97 Å². The minimum absolute atomic E-state index is 0.0331. The molecule has 2 aromatic rings. The van der Waals surface area contributed by atoms with Crippen LogP contribution in [0.4, 0.5) is 0 Å². The van der Waals surface area contributed by atoms with Crippen LogP contribution in [0.15, 0.2) is 60.7 Å². The SMILES string of the molecule is CC(C)C[C@@H](C(=O)NCN)C(=O)N[C@@H](CC(C)C)C(=O)NCC(=O)N[C@@H](Cc1ccccc1)C(=O)N[C@H](C(=O)N[C@@H](Cc1ccccc1)C(=O)N[C@H](C(=O)N[C@@H](CC(C)C)C(=O)O)[C@@H](C)O)C(C)C. The molecule has 0 saturated heterocycles. The molecule has 12 N–H and O–H groups in total. The quantitative estimate of drug-likeness (QED) is 0.0390. The lowest BCUT2D eigenvalue weighted by Crippen LogP contribution is -2.62. The number of hydrogen-bond acceptors (Lipinski definition) is 11. The number of amides is 8. The molecule has 2 rings (SSSR count). The van der Waals surface area contributed by atoms with E-state index in [9.17, 15) is 53.4 Å². The van der Waals surface area contributed by atoms with E-state index in [4.69, 9.17) is 5.73 Å². The maximum atomic E-state index is 14.2. The van der Waals surface area contributed by atoms with Crippen LogP contribution >= 0.6 is 0 Å². The van der Waals surface area contributed by atoms with Crippen LogP contribution < -0.4 is 48.3 Å². The van der Waals surface area contributed by atoms with Gasteiger partial charge in [-0.1, -0.05) is 116 Å². The predicted octanol–water partition coefficient (Wildman–Crippen LogP) is 0.405. The van der Waals surface area contributed by atoms with Gasteiger partial charge in [0, 0.05) is 12.8 Å². The first-order valence-corrected chi connectivity index (χ1v) is 23.5. The molecule has 0 spiro atoms. The Bertz CT molecular complexity index is 2020. The van der Waals surface area contributed by atoms with E-state index >= 15 is 0 Å². The first-order chi connectivity index (χ1) is 32.4. The minimum atomic E-state index is -1.61. The average Bonchev–Trinajstić information content (AvgIpc) is 3.27. The summed E-state index contributed by atoms with van der Waals surface area (Å²) in [5.74, 6) is -9.31. The fraction of sp³-hybridized carbons (Fsp3) is 0.571. The number of carbonyl (C=O) groups is 9. The fourth-order valence-corrected chi connectivity index (χ4v) is 7.32. The van der Waals surface area contributed by atoms with Crippen molar-refractivity contribution in [1.29, 1.82) is 0 Å². The van der Waals surface area contributed by atoms with Crippen LogP contribution in [0.1, 0.15) is 92.7 Å². The third-order valence-electron chi connectivity index (χ3n) is 10.9. The highest BCUT2D eigenvalue weighted by Crippen LogP contribution is 2.15. The first-order valence-electron chi connectivity index (χ1n) is 23.5. The van der Waals surface area contributed by atoms with Crippen molar-refractivity contribution in [2.45, 2.75) is 137 Å². The van der Waals surface area contributed by atoms with Crippen molar-refractivity contribution in [1.82, 2.24) is 42.5 Å². The monoisotopic (exact) mass is 966 g/mol. The van der Waals surface area contributed by atoms with Crippen molar-refractivity contribution >= 4 is 53.2 Å². The Hall–Kier alpha value is -6.41. The molecule has 382 valence electrons. The Labute approximate surface area is 405 Å². The predicted molar refractivity (Wildman–Crippen MR) is 258 cm³/mol. The highest BCUT2D eigenvalue weighted by molar-refractivity contribution is 6.02. The van der Waals surface area contributed by atoms with E-state index in [0.29, 0.717) is 11.1 Å².